The molecule has 1 N–H and O–H groups in total. The largest absolute Gasteiger partial charge is 0.503 e. The number of hydrogen-bond donors (Lipinski definition) is 1. The number of amides is 1. The second-order valence-corrected chi connectivity index (χ2v) is 7.18. The minimum atomic E-state index is -0.640. The number of aliphatic hydroxyl groups excluding tert-OH is 1. The van der Waals surface area contributed by atoms with E-state index in [2.05, 4.69) is 4.90 Å². The van der Waals surface area contributed by atoms with Crippen LogP contribution in [-0.2, 0) is 9.59 Å². The molecule has 0 radical (unpaired) electrons. The van der Waals surface area contributed by atoms with Gasteiger partial charge in [-0.2, -0.15) is 0 Å². The predicted octanol–water partition coefficient (Wildman–Crippen LogP) is 2.60. The second kappa shape index (κ2) is 7.04. The average molecular weight is 346 g/mol. The smallest absolute Gasteiger partial charge is 0.290 e. The highest BCUT2D eigenvalue weighted by Crippen LogP contribution is 2.39. The van der Waals surface area contributed by atoms with E-state index in [0.29, 0.717) is 18.1 Å². The maximum absolute atomic E-state index is 12.6. The van der Waals surface area contributed by atoms with Crippen LogP contribution in [0.3, 0.4) is 0 Å². The third-order valence-corrected chi connectivity index (χ3v) is 4.98. The molecule has 0 saturated carbocycles. The summed E-state index contributed by atoms with van der Waals surface area (Å²) < 4.78 is 5.72. The zero-order chi connectivity index (χ0) is 18.1. The number of aliphatic hydroxyl groups is 1. The molecule has 0 aliphatic carbocycles. The van der Waals surface area contributed by atoms with E-state index in [1.165, 1.54) is 12.8 Å². The molecule has 1 fully saturated rings. The van der Waals surface area contributed by atoms with Crippen LogP contribution in [-0.4, -0.2) is 52.8 Å². The Hall–Kier alpha value is -2.08. The minimum Gasteiger partial charge on any atom is -0.503 e. The zero-order valence-corrected chi connectivity index (χ0v) is 15.1. The summed E-state index contributed by atoms with van der Waals surface area (Å²) in [4.78, 5) is 29.2. The van der Waals surface area contributed by atoms with E-state index in [-0.39, 0.29) is 17.3 Å². The normalized spacial score (nSPS) is 21.8. The molecule has 0 spiro atoms. The highest BCUT2D eigenvalue weighted by molar-refractivity contribution is 6.09. The first kappa shape index (κ1) is 17.7. The maximum Gasteiger partial charge on any atom is 0.290 e. The average Bonchev–Trinajstić information content (AvgIpc) is 3.27. The molecular weight excluding hydrogens is 320 g/mol. The second-order valence-electron chi connectivity index (χ2n) is 7.18. The Kier molecular flexibility index (Phi) is 4.99. The Labute approximate surface area is 148 Å². The molecule has 2 aliphatic heterocycles. The molecule has 0 bridgehead atoms. The van der Waals surface area contributed by atoms with Crippen LogP contribution in [0.4, 0.5) is 0 Å². The van der Waals surface area contributed by atoms with Crippen molar-refractivity contribution in [3.63, 3.8) is 0 Å². The van der Waals surface area contributed by atoms with E-state index in [1.807, 2.05) is 13.0 Å². The lowest BCUT2D eigenvalue weighted by atomic mass is 9.94. The van der Waals surface area contributed by atoms with Gasteiger partial charge < -0.3 is 19.3 Å². The van der Waals surface area contributed by atoms with Gasteiger partial charge in [0.25, 0.3) is 5.91 Å². The number of carbonyl (C=O) groups excluding carboxylic acids is 2. The van der Waals surface area contributed by atoms with Crippen molar-refractivity contribution in [3.05, 3.63) is 35.0 Å². The highest BCUT2D eigenvalue weighted by Gasteiger charge is 2.45. The van der Waals surface area contributed by atoms with Crippen molar-refractivity contribution in [2.24, 2.45) is 5.92 Å². The molecule has 1 unspecified atom stereocenters. The molecule has 1 amide bonds. The van der Waals surface area contributed by atoms with Gasteiger partial charge in [0, 0.05) is 19.0 Å². The van der Waals surface area contributed by atoms with E-state index in [4.69, 9.17) is 4.42 Å². The molecule has 3 heterocycles. The fourth-order valence-electron chi connectivity index (χ4n) is 3.60. The van der Waals surface area contributed by atoms with Gasteiger partial charge in [-0.3, -0.25) is 9.59 Å². The molecule has 0 aromatic carbocycles. The molecule has 1 atom stereocenters. The number of aryl methyl sites for hydroxylation is 1. The molecular formula is C19H26N2O4. The minimum absolute atomic E-state index is 0.163. The number of ketones is 1. The molecule has 1 saturated heterocycles. The summed E-state index contributed by atoms with van der Waals surface area (Å²) in [7, 11) is 0. The molecule has 6 heteroatoms. The SMILES string of the molecule is Cc1ccc(C2C(C(=O)C(C)C)=C(O)C(=O)N2CCN2CCCC2)o1. The van der Waals surface area contributed by atoms with Crippen LogP contribution in [0.2, 0.25) is 0 Å². The summed E-state index contributed by atoms with van der Waals surface area (Å²) >= 11 is 0. The summed E-state index contributed by atoms with van der Waals surface area (Å²) in [6, 6.07) is 2.95. The molecule has 1 aromatic heterocycles. The lowest BCUT2D eigenvalue weighted by Crippen LogP contribution is -2.38. The van der Waals surface area contributed by atoms with Gasteiger partial charge in [0.15, 0.2) is 11.5 Å². The lowest BCUT2D eigenvalue weighted by Gasteiger charge is -2.27. The number of hydrogen-bond acceptors (Lipinski definition) is 5. The van der Waals surface area contributed by atoms with E-state index in [1.54, 1.807) is 24.8 Å². The van der Waals surface area contributed by atoms with Gasteiger partial charge in [-0.1, -0.05) is 13.8 Å². The Morgan fingerprint density at radius 2 is 1.96 bits per heavy atom. The first-order valence-electron chi connectivity index (χ1n) is 8.97. The van der Waals surface area contributed by atoms with Gasteiger partial charge in [0.2, 0.25) is 0 Å². The summed E-state index contributed by atoms with van der Waals surface area (Å²) in [6.07, 6.45) is 2.35. The van der Waals surface area contributed by atoms with Crippen LogP contribution in [0.25, 0.3) is 0 Å². The van der Waals surface area contributed by atoms with Crippen LogP contribution in [0.5, 0.6) is 0 Å². The van der Waals surface area contributed by atoms with Gasteiger partial charge in [-0.15, -0.1) is 0 Å². The third kappa shape index (κ3) is 3.35. The molecule has 1 aromatic rings. The Morgan fingerprint density at radius 1 is 1.28 bits per heavy atom. The third-order valence-electron chi connectivity index (χ3n) is 4.98. The fourth-order valence-corrected chi connectivity index (χ4v) is 3.60. The molecule has 2 aliphatic rings. The van der Waals surface area contributed by atoms with E-state index < -0.39 is 17.7 Å². The topological polar surface area (TPSA) is 74.0 Å². The zero-order valence-electron chi connectivity index (χ0n) is 15.1. The van der Waals surface area contributed by atoms with Gasteiger partial charge in [0.1, 0.15) is 17.6 Å². The predicted molar refractivity (Wildman–Crippen MR) is 93.1 cm³/mol. The molecule has 25 heavy (non-hydrogen) atoms. The monoisotopic (exact) mass is 346 g/mol. The molecule has 3 rings (SSSR count). The van der Waals surface area contributed by atoms with Gasteiger partial charge in [0.05, 0.1) is 5.57 Å². The van der Waals surface area contributed by atoms with Crippen LogP contribution >= 0.6 is 0 Å². The number of carbonyl (C=O) groups is 2. The van der Waals surface area contributed by atoms with Crippen molar-refractivity contribution in [1.82, 2.24) is 9.80 Å². The fraction of sp³-hybridized carbons (Fsp3) is 0.579. The highest BCUT2D eigenvalue weighted by atomic mass is 16.3. The number of likely N-dealkylation sites (tertiary alicyclic amines) is 1. The van der Waals surface area contributed by atoms with Gasteiger partial charge >= 0.3 is 0 Å². The van der Waals surface area contributed by atoms with Crippen molar-refractivity contribution in [2.45, 2.75) is 39.7 Å². The van der Waals surface area contributed by atoms with Crippen molar-refractivity contribution >= 4 is 11.7 Å². The summed E-state index contributed by atoms with van der Waals surface area (Å²) in [5.74, 6) is -0.193. The maximum atomic E-state index is 12.6. The van der Waals surface area contributed by atoms with Gasteiger partial charge in [-0.05, 0) is 45.0 Å². The first-order chi connectivity index (χ1) is 11.9. The standard InChI is InChI=1S/C19H26N2O4/c1-12(2)17(22)15-16(14-7-6-13(3)25-14)21(19(24)18(15)23)11-10-20-8-4-5-9-20/h6-7,12,16,23H,4-5,8-11H2,1-3H3. The Morgan fingerprint density at radius 3 is 2.52 bits per heavy atom. The quantitative estimate of drug-likeness (QED) is 0.857. The first-order valence-corrected chi connectivity index (χ1v) is 8.97. The number of furan rings is 1. The van der Waals surface area contributed by atoms with E-state index >= 15 is 0 Å². The van der Waals surface area contributed by atoms with Crippen LogP contribution in [0.15, 0.2) is 27.9 Å². The Bertz CT molecular complexity index is 698. The van der Waals surface area contributed by atoms with E-state index in [0.717, 1.165) is 19.6 Å². The van der Waals surface area contributed by atoms with Crippen LogP contribution in [0, 0.1) is 12.8 Å². The van der Waals surface area contributed by atoms with Crippen molar-refractivity contribution < 1.29 is 19.1 Å². The van der Waals surface area contributed by atoms with Crippen molar-refractivity contribution in [2.75, 3.05) is 26.2 Å². The number of rotatable bonds is 6. The van der Waals surface area contributed by atoms with E-state index in [9.17, 15) is 14.7 Å². The number of nitrogens with zero attached hydrogens (tertiary/aromatic N) is 2. The summed E-state index contributed by atoms with van der Waals surface area (Å²) in [5.41, 5.74) is 0.163. The number of Topliss-reactive ketones (excluding diaryl/α,β-unsaturated/α-hetero) is 1. The summed E-state index contributed by atoms with van der Waals surface area (Å²) in [5, 5.41) is 10.4. The van der Waals surface area contributed by atoms with Crippen LogP contribution < -0.4 is 0 Å². The van der Waals surface area contributed by atoms with Crippen LogP contribution in [0.1, 0.15) is 44.3 Å². The molecule has 136 valence electrons. The Balaban J connectivity index is 1.90. The lowest BCUT2D eigenvalue weighted by molar-refractivity contribution is -0.129. The van der Waals surface area contributed by atoms with Crippen molar-refractivity contribution in [3.8, 4) is 0 Å². The summed E-state index contributed by atoms with van der Waals surface area (Å²) in [6.45, 7) is 8.62. The molecule has 6 nitrogen and oxygen atoms in total. The van der Waals surface area contributed by atoms with Gasteiger partial charge in [-0.25, -0.2) is 0 Å². The van der Waals surface area contributed by atoms with Crippen molar-refractivity contribution in [1.29, 1.82) is 0 Å².